The van der Waals surface area contributed by atoms with Gasteiger partial charge in [0.05, 0.1) is 12.2 Å². The number of carbonyl (C=O) groups excluding carboxylic acids is 1. The Kier molecular flexibility index (Phi) is 3.30. The first-order chi connectivity index (χ1) is 9.65. The minimum Gasteiger partial charge on any atom is -0.388 e. The van der Waals surface area contributed by atoms with E-state index in [2.05, 4.69) is 0 Å². The highest BCUT2D eigenvalue weighted by Gasteiger charge is 2.32. The third-order valence-corrected chi connectivity index (χ3v) is 3.54. The van der Waals surface area contributed by atoms with E-state index in [-0.39, 0.29) is 19.0 Å². The summed E-state index contributed by atoms with van der Waals surface area (Å²) in [4.78, 5) is 13.8. The van der Waals surface area contributed by atoms with Crippen molar-refractivity contribution in [1.82, 2.24) is 9.47 Å². The number of carbonyl (C=O) groups is 1. The van der Waals surface area contributed by atoms with Gasteiger partial charge >= 0.3 is 0 Å². The Hall–Kier alpha value is -2.11. The average Bonchev–Trinajstić information content (AvgIpc) is 3.09. The lowest BCUT2D eigenvalue weighted by Gasteiger charge is -2.16. The molecule has 2 N–H and O–H groups in total. The van der Waals surface area contributed by atoms with Gasteiger partial charge in [0.15, 0.2) is 0 Å². The molecule has 3 rings (SSSR count). The lowest BCUT2D eigenvalue weighted by molar-refractivity contribution is 0.0572. The van der Waals surface area contributed by atoms with Crippen LogP contribution in [0.3, 0.4) is 0 Å². The van der Waals surface area contributed by atoms with E-state index in [0.717, 1.165) is 5.69 Å². The van der Waals surface area contributed by atoms with E-state index in [1.54, 1.807) is 12.1 Å². The van der Waals surface area contributed by atoms with Crippen LogP contribution in [0.15, 0.2) is 48.8 Å². The van der Waals surface area contributed by atoms with Gasteiger partial charge in [0.2, 0.25) is 0 Å². The Morgan fingerprint density at radius 2 is 1.70 bits per heavy atom. The van der Waals surface area contributed by atoms with Gasteiger partial charge in [0, 0.05) is 36.7 Å². The summed E-state index contributed by atoms with van der Waals surface area (Å²) in [6, 6.07) is 11.1. The van der Waals surface area contributed by atoms with Gasteiger partial charge in [0.25, 0.3) is 5.91 Å². The minimum absolute atomic E-state index is 0.172. The molecule has 2 heterocycles. The predicted molar refractivity (Wildman–Crippen MR) is 73.7 cm³/mol. The Morgan fingerprint density at radius 1 is 1.05 bits per heavy atom. The zero-order chi connectivity index (χ0) is 14.1. The molecule has 0 unspecified atom stereocenters. The Bertz CT molecular complexity index is 599. The zero-order valence-corrected chi connectivity index (χ0v) is 10.9. The number of aliphatic hydroxyl groups is 2. The van der Waals surface area contributed by atoms with Gasteiger partial charge in [-0.2, -0.15) is 0 Å². The van der Waals surface area contributed by atoms with Gasteiger partial charge in [-0.1, -0.05) is 6.07 Å². The van der Waals surface area contributed by atoms with Crippen LogP contribution in [-0.4, -0.2) is 50.9 Å². The number of β-amino-alcohol motifs (C(OH)–C–C–N with tert-alkyl or cyclic N) is 2. The molecule has 5 nitrogen and oxygen atoms in total. The molecule has 2 aromatic rings. The van der Waals surface area contributed by atoms with Gasteiger partial charge in [-0.15, -0.1) is 0 Å². The first-order valence-electron chi connectivity index (χ1n) is 6.54. The number of hydrogen-bond donors (Lipinski definition) is 2. The van der Waals surface area contributed by atoms with Crippen molar-refractivity contribution in [2.24, 2.45) is 0 Å². The molecule has 104 valence electrons. The summed E-state index contributed by atoms with van der Waals surface area (Å²) in [6.07, 6.45) is 2.11. The average molecular weight is 272 g/mol. The van der Waals surface area contributed by atoms with Crippen LogP contribution < -0.4 is 0 Å². The normalized spacial score (nSPS) is 22.2. The Labute approximate surface area is 116 Å². The van der Waals surface area contributed by atoms with E-state index in [9.17, 15) is 15.0 Å². The van der Waals surface area contributed by atoms with Crippen LogP contribution in [0.1, 0.15) is 10.4 Å². The Morgan fingerprint density at radius 3 is 2.35 bits per heavy atom. The lowest BCUT2D eigenvalue weighted by atomic mass is 10.1. The van der Waals surface area contributed by atoms with Crippen molar-refractivity contribution in [1.29, 1.82) is 0 Å². The van der Waals surface area contributed by atoms with Crippen LogP contribution in [0.4, 0.5) is 0 Å². The van der Waals surface area contributed by atoms with Crippen LogP contribution >= 0.6 is 0 Å². The van der Waals surface area contributed by atoms with E-state index in [0.29, 0.717) is 5.56 Å². The highest BCUT2D eigenvalue weighted by atomic mass is 16.3. The first-order valence-corrected chi connectivity index (χ1v) is 6.54. The van der Waals surface area contributed by atoms with E-state index in [1.807, 2.05) is 41.2 Å². The topological polar surface area (TPSA) is 65.7 Å². The van der Waals surface area contributed by atoms with Crippen LogP contribution in [0, 0.1) is 0 Å². The molecule has 1 aliphatic rings. The monoisotopic (exact) mass is 272 g/mol. The van der Waals surface area contributed by atoms with E-state index >= 15 is 0 Å². The second-order valence-corrected chi connectivity index (χ2v) is 4.99. The highest BCUT2D eigenvalue weighted by molar-refractivity contribution is 5.95. The maximum absolute atomic E-state index is 12.4. The van der Waals surface area contributed by atoms with Crippen molar-refractivity contribution < 1.29 is 15.0 Å². The third kappa shape index (κ3) is 2.33. The van der Waals surface area contributed by atoms with Crippen LogP contribution in [0.25, 0.3) is 5.69 Å². The fraction of sp³-hybridized carbons (Fsp3) is 0.267. The molecule has 1 fully saturated rings. The SMILES string of the molecule is O=C(c1cccc(-n2cccc2)c1)N1C[C@@H](O)[C@@H](O)C1. The minimum atomic E-state index is -0.855. The maximum atomic E-state index is 12.4. The number of aliphatic hydroxyl groups excluding tert-OH is 2. The molecule has 1 aliphatic heterocycles. The number of benzene rings is 1. The summed E-state index contributed by atoms with van der Waals surface area (Å²) < 4.78 is 1.92. The summed E-state index contributed by atoms with van der Waals surface area (Å²) in [5, 5.41) is 19.0. The van der Waals surface area contributed by atoms with Gasteiger partial charge in [-0.3, -0.25) is 4.79 Å². The number of nitrogens with zero attached hydrogens (tertiary/aromatic N) is 2. The van der Waals surface area contributed by atoms with Crippen molar-refractivity contribution in [3.63, 3.8) is 0 Å². The molecule has 0 aliphatic carbocycles. The summed E-state index contributed by atoms with van der Waals surface area (Å²) in [7, 11) is 0. The molecule has 1 amide bonds. The second kappa shape index (κ2) is 5.11. The van der Waals surface area contributed by atoms with Gasteiger partial charge in [-0.25, -0.2) is 0 Å². The van der Waals surface area contributed by atoms with Crippen molar-refractivity contribution in [3.8, 4) is 5.69 Å². The first kappa shape index (κ1) is 12.9. The molecule has 1 aromatic carbocycles. The Balaban J connectivity index is 1.84. The summed E-state index contributed by atoms with van der Waals surface area (Å²) in [5.41, 5.74) is 1.46. The molecule has 0 radical (unpaired) electrons. The number of hydrogen-bond acceptors (Lipinski definition) is 3. The fourth-order valence-corrected chi connectivity index (χ4v) is 2.42. The molecule has 0 spiro atoms. The molecular formula is C15H16N2O3. The maximum Gasteiger partial charge on any atom is 0.254 e. The number of aromatic nitrogens is 1. The van der Waals surface area contributed by atoms with Gasteiger partial charge in [0.1, 0.15) is 0 Å². The smallest absolute Gasteiger partial charge is 0.254 e. The molecule has 5 heteroatoms. The van der Waals surface area contributed by atoms with Crippen molar-refractivity contribution >= 4 is 5.91 Å². The number of likely N-dealkylation sites (tertiary alicyclic amines) is 1. The van der Waals surface area contributed by atoms with Crippen molar-refractivity contribution in [3.05, 3.63) is 54.4 Å². The fourth-order valence-electron chi connectivity index (χ4n) is 2.42. The predicted octanol–water partition coefficient (Wildman–Crippen LogP) is 0.655. The molecule has 20 heavy (non-hydrogen) atoms. The van der Waals surface area contributed by atoms with Crippen LogP contribution in [0.5, 0.6) is 0 Å². The van der Waals surface area contributed by atoms with Gasteiger partial charge in [-0.05, 0) is 30.3 Å². The molecule has 2 atom stereocenters. The third-order valence-electron chi connectivity index (χ3n) is 3.54. The summed E-state index contributed by atoms with van der Waals surface area (Å²) in [6.45, 7) is 0.349. The van der Waals surface area contributed by atoms with E-state index in [1.165, 1.54) is 4.90 Å². The summed E-state index contributed by atoms with van der Waals surface area (Å²) >= 11 is 0. The largest absolute Gasteiger partial charge is 0.388 e. The molecule has 1 aromatic heterocycles. The van der Waals surface area contributed by atoms with E-state index in [4.69, 9.17) is 0 Å². The second-order valence-electron chi connectivity index (χ2n) is 4.99. The number of amides is 1. The van der Waals surface area contributed by atoms with E-state index < -0.39 is 12.2 Å². The van der Waals surface area contributed by atoms with Crippen LogP contribution in [0.2, 0.25) is 0 Å². The summed E-state index contributed by atoms with van der Waals surface area (Å²) in [5.74, 6) is -0.172. The molecule has 1 saturated heterocycles. The number of rotatable bonds is 2. The lowest BCUT2D eigenvalue weighted by Crippen LogP contribution is -2.29. The van der Waals surface area contributed by atoms with Gasteiger partial charge < -0.3 is 19.7 Å². The zero-order valence-electron chi connectivity index (χ0n) is 10.9. The standard InChI is InChI=1S/C15H16N2O3/c18-13-9-17(10-14(13)19)15(20)11-4-3-5-12(8-11)16-6-1-2-7-16/h1-8,13-14,18-19H,9-10H2/t13-,14+. The van der Waals surface area contributed by atoms with Crippen LogP contribution in [-0.2, 0) is 0 Å². The molecular weight excluding hydrogens is 256 g/mol. The molecule has 0 bridgehead atoms. The molecule has 0 saturated carbocycles. The quantitative estimate of drug-likeness (QED) is 0.844. The van der Waals surface area contributed by atoms with Crippen molar-refractivity contribution in [2.75, 3.05) is 13.1 Å². The highest BCUT2D eigenvalue weighted by Crippen LogP contribution is 2.17. The van der Waals surface area contributed by atoms with Crippen molar-refractivity contribution in [2.45, 2.75) is 12.2 Å².